The molecular weight excluding hydrogens is 256 g/mol. The summed E-state index contributed by atoms with van der Waals surface area (Å²) >= 11 is 0.596. The van der Waals surface area contributed by atoms with Gasteiger partial charge < -0.3 is 9.73 Å². The summed E-state index contributed by atoms with van der Waals surface area (Å²) in [6.07, 6.45) is 6.40. The molecule has 0 amide bonds. The number of halogens is 2. The molecule has 0 aromatic carbocycles. The lowest BCUT2D eigenvalue weighted by atomic mass is 9.95. The summed E-state index contributed by atoms with van der Waals surface area (Å²) in [7, 11) is 0. The molecule has 0 unspecified atom stereocenters. The van der Waals surface area contributed by atoms with Gasteiger partial charge in [-0.1, -0.05) is 31.0 Å². The van der Waals surface area contributed by atoms with Gasteiger partial charge in [-0.25, -0.2) is 0 Å². The first-order valence-electron chi connectivity index (χ1n) is 6.45. The van der Waals surface area contributed by atoms with Gasteiger partial charge in [0.1, 0.15) is 11.5 Å². The van der Waals surface area contributed by atoms with Gasteiger partial charge in [-0.15, -0.1) is 0 Å². The van der Waals surface area contributed by atoms with Crippen molar-refractivity contribution in [2.75, 3.05) is 0 Å². The first-order chi connectivity index (χ1) is 8.74. The summed E-state index contributed by atoms with van der Waals surface area (Å²) in [6, 6.07) is 4.24. The summed E-state index contributed by atoms with van der Waals surface area (Å²) in [6.45, 7) is 0.698. The third-order valence-corrected chi connectivity index (χ3v) is 3.94. The van der Waals surface area contributed by atoms with Gasteiger partial charge in [-0.3, -0.25) is 0 Å². The molecule has 2 nitrogen and oxygen atoms in total. The van der Waals surface area contributed by atoms with E-state index in [1.165, 1.54) is 32.1 Å². The molecule has 0 aliphatic heterocycles. The van der Waals surface area contributed by atoms with E-state index in [0.29, 0.717) is 30.1 Å². The molecule has 1 heterocycles. The Morgan fingerprint density at radius 3 is 2.67 bits per heavy atom. The lowest BCUT2D eigenvalue weighted by molar-refractivity contribution is 0.251. The van der Waals surface area contributed by atoms with E-state index in [-0.39, 0.29) is 5.75 Å². The fourth-order valence-corrected chi connectivity index (χ4v) is 2.74. The largest absolute Gasteiger partial charge is 0.464 e. The lowest BCUT2D eigenvalue weighted by Crippen LogP contribution is -2.30. The van der Waals surface area contributed by atoms with Crippen LogP contribution in [0.5, 0.6) is 0 Å². The van der Waals surface area contributed by atoms with Gasteiger partial charge >= 0.3 is 0 Å². The van der Waals surface area contributed by atoms with Crippen molar-refractivity contribution in [3.05, 3.63) is 23.7 Å². The zero-order valence-electron chi connectivity index (χ0n) is 10.3. The SMILES string of the molecule is FC(F)SCc1ccc(CNC2CCCCC2)o1. The molecular formula is C13H19F2NOS. The van der Waals surface area contributed by atoms with Crippen molar-refractivity contribution < 1.29 is 13.2 Å². The fourth-order valence-electron chi connectivity index (χ4n) is 2.29. The molecule has 102 valence electrons. The number of rotatable bonds is 6. The highest BCUT2D eigenvalue weighted by Gasteiger charge is 2.13. The average molecular weight is 275 g/mol. The van der Waals surface area contributed by atoms with Crippen LogP contribution in [0.2, 0.25) is 0 Å². The zero-order chi connectivity index (χ0) is 12.8. The molecule has 18 heavy (non-hydrogen) atoms. The smallest absolute Gasteiger partial charge is 0.284 e. The van der Waals surface area contributed by atoms with Crippen molar-refractivity contribution in [1.29, 1.82) is 0 Å². The number of hydrogen-bond acceptors (Lipinski definition) is 3. The molecule has 0 bridgehead atoms. The van der Waals surface area contributed by atoms with Crippen molar-refractivity contribution in [2.45, 2.75) is 56.2 Å². The topological polar surface area (TPSA) is 25.2 Å². The maximum Gasteiger partial charge on any atom is 0.284 e. The highest BCUT2D eigenvalue weighted by Crippen LogP contribution is 2.22. The van der Waals surface area contributed by atoms with Crippen LogP contribution in [-0.2, 0) is 12.3 Å². The van der Waals surface area contributed by atoms with E-state index in [9.17, 15) is 8.78 Å². The highest BCUT2D eigenvalue weighted by molar-refractivity contribution is 7.98. The lowest BCUT2D eigenvalue weighted by Gasteiger charge is -2.22. The summed E-state index contributed by atoms with van der Waals surface area (Å²) in [5.41, 5.74) is 0. The Hall–Kier alpha value is -0.550. The average Bonchev–Trinajstić information content (AvgIpc) is 2.83. The summed E-state index contributed by atoms with van der Waals surface area (Å²) in [5, 5.41) is 3.47. The van der Waals surface area contributed by atoms with Crippen LogP contribution in [-0.4, -0.2) is 11.8 Å². The molecule has 1 aromatic rings. The second-order valence-electron chi connectivity index (χ2n) is 4.66. The van der Waals surface area contributed by atoms with E-state index in [4.69, 9.17) is 4.42 Å². The van der Waals surface area contributed by atoms with Gasteiger partial charge in [0.25, 0.3) is 5.76 Å². The Balaban J connectivity index is 1.72. The Morgan fingerprint density at radius 2 is 1.94 bits per heavy atom. The molecule has 1 saturated carbocycles. The molecule has 1 N–H and O–H groups in total. The molecule has 0 saturated heterocycles. The van der Waals surface area contributed by atoms with E-state index >= 15 is 0 Å². The van der Waals surface area contributed by atoms with E-state index in [0.717, 1.165) is 5.76 Å². The van der Waals surface area contributed by atoms with Crippen molar-refractivity contribution in [2.24, 2.45) is 0 Å². The van der Waals surface area contributed by atoms with E-state index in [2.05, 4.69) is 5.32 Å². The molecule has 0 atom stereocenters. The minimum Gasteiger partial charge on any atom is -0.464 e. The van der Waals surface area contributed by atoms with Crippen LogP contribution < -0.4 is 5.32 Å². The number of hydrogen-bond donors (Lipinski definition) is 1. The Morgan fingerprint density at radius 1 is 1.22 bits per heavy atom. The zero-order valence-corrected chi connectivity index (χ0v) is 11.1. The van der Waals surface area contributed by atoms with Gasteiger partial charge in [0, 0.05) is 6.04 Å². The number of alkyl halides is 2. The van der Waals surface area contributed by atoms with Crippen LogP contribution in [0.3, 0.4) is 0 Å². The van der Waals surface area contributed by atoms with E-state index in [1.807, 2.05) is 6.07 Å². The Kier molecular flexibility index (Phi) is 5.50. The molecule has 0 radical (unpaired) electrons. The number of nitrogens with one attached hydrogen (secondary N) is 1. The predicted molar refractivity (Wildman–Crippen MR) is 69.7 cm³/mol. The maximum atomic E-state index is 12.0. The molecule has 2 rings (SSSR count). The van der Waals surface area contributed by atoms with Gasteiger partial charge in [0.2, 0.25) is 0 Å². The number of thioether (sulfide) groups is 1. The Labute approximate surface area is 111 Å². The van der Waals surface area contributed by atoms with E-state index < -0.39 is 5.76 Å². The van der Waals surface area contributed by atoms with Crippen molar-refractivity contribution in [3.8, 4) is 0 Å². The number of furan rings is 1. The molecule has 1 aromatic heterocycles. The van der Waals surface area contributed by atoms with Crippen LogP contribution in [0.4, 0.5) is 8.78 Å². The second kappa shape index (κ2) is 7.14. The quantitative estimate of drug-likeness (QED) is 0.844. The maximum absolute atomic E-state index is 12.0. The molecule has 0 spiro atoms. The van der Waals surface area contributed by atoms with Gasteiger partial charge in [0.05, 0.1) is 12.3 Å². The van der Waals surface area contributed by atoms with Crippen molar-refractivity contribution in [1.82, 2.24) is 5.32 Å². The van der Waals surface area contributed by atoms with Crippen LogP contribution in [0.1, 0.15) is 43.6 Å². The molecule has 5 heteroatoms. The normalized spacial score (nSPS) is 17.5. The van der Waals surface area contributed by atoms with Crippen LogP contribution in [0.15, 0.2) is 16.5 Å². The molecule has 1 fully saturated rings. The van der Waals surface area contributed by atoms with Crippen LogP contribution in [0.25, 0.3) is 0 Å². The second-order valence-corrected chi connectivity index (χ2v) is 5.63. The minimum absolute atomic E-state index is 0.237. The predicted octanol–water partition coefficient (Wildman–Crippen LogP) is 4.16. The minimum atomic E-state index is -2.33. The molecule has 1 aliphatic rings. The first kappa shape index (κ1) is 13.9. The third kappa shape index (κ3) is 4.61. The van der Waals surface area contributed by atoms with Gasteiger partial charge in [0.15, 0.2) is 0 Å². The summed E-state index contributed by atoms with van der Waals surface area (Å²) in [5.74, 6) is -0.633. The first-order valence-corrected chi connectivity index (χ1v) is 7.49. The monoisotopic (exact) mass is 275 g/mol. The highest BCUT2D eigenvalue weighted by atomic mass is 32.2. The Bertz CT molecular complexity index is 351. The molecule has 1 aliphatic carbocycles. The van der Waals surface area contributed by atoms with Gasteiger partial charge in [-0.05, 0) is 25.0 Å². The van der Waals surface area contributed by atoms with E-state index in [1.54, 1.807) is 6.07 Å². The third-order valence-electron chi connectivity index (χ3n) is 3.24. The van der Waals surface area contributed by atoms with Gasteiger partial charge in [-0.2, -0.15) is 8.78 Å². The van der Waals surface area contributed by atoms with Crippen LogP contribution in [0, 0.1) is 0 Å². The van der Waals surface area contributed by atoms with Crippen molar-refractivity contribution >= 4 is 11.8 Å². The van der Waals surface area contributed by atoms with Crippen molar-refractivity contribution in [3.63, 3.8) is 0 Å². The standard InChI is InChI=1S/C13H19F2NOS/c14-13(15)18-9-12-7-6-11(17-12)8-16-10-4-2-1-3-5-10/h6-7,10,13,16H,1-5,8-9H2. The van der Waals surface area contributed by atoms with Crippen LogP contribution >= 0.6 is 11.8 Å². The summed E-state index contributed by atoms with van der Waals surface area (Å²) < 4.78 is 29.6. The summed E-state index contributed by atoms with van der Waals surface area (Å²) in [4.78, 5) is 0. The fraction of sp³-hybridized carbons (Fsp3) is 0.692.